The smallest absolute Gasteiger partial charge is 0.308 e. The van der Waals surface area contributed by atoms with Crippen LogP contribution in [0.4, 0.5) is 0 Å². The van der Waals surface area contributed by atoms with Gasteiger partial charge in [-0.25, -0.2) is 0 Å². The van der Waals surface area contributed by atoms with E-state index in [1.54, 1.807) is 0 Å². The molecule has 4 saturated carbocycles. The number of ether oxygens (including phenoxy) is 1. The van der Waals surface area contributed by atoms with Crippen molar-refractivity contribution in [2.75, 3.05) is 7.11 Å². The molecule has 0 heterocycles. The highest BCUT2D eigenvalue weighted by Crippen LogP contribution is 2.68. The Hall–Kier alpha value is -0.650. The van der Waals surface area contributed by atoms with E-state index in [-0.39, 0.29) is 58.6 Å². The molecule has 4 rings (SSSR count). The third kappa shape index (κ3) is 2.72. The van der Waals surface area contributed by atoms with Crippen molar-refractivity contribution in [3.63, 3.8) is 0 Å². The normalized spacial score (nSPS) is 54.2. The summed E-state index contributed by atoms with van der Waals surface area (Å²) in [5, 5.41) is 32.8. The summed E-state index contributed by atoms with van der Waals surface area (Å²) in [7, 11) is 1.43. The van der Waals surface area contributed by atoms with Crippen molar-refractivity contribution in [2.45, 2.75) is 84.0 Å². The fraction of sp³-hybridized carbons (Fsp3) is 0.957. The first kappa shape index (κ1) is 20.6. The number of methoxy groups -OCH3 is 1. The van der Waals surface area contributed by atoms with Crippen LogP contribution in [0.25, 0.3) is 0 Å². The molecule has 0 amide bonds. The van der Waals surface area contributed by atoms with Crippen LogP contribution in [-0.4, -0.2) is 46.7 Å². The van der Waals surface area contributed by atoms with Gasteiger partial charge in [0, 0.05) is 5.41 Å². The van der Waals surface area contributed by atoms with E-state index < -0.39 is 6.10 Å². The molecule has 0 saturated heterocycles. The predicted octanol–water partition coefficient (Wildman–Crippen LogP) is 2.76. The lowest BCUT2D eigenvalue weighted by Crippen LogP contribution is -2.62. The molecule has 0 radical (unpaired) electrons. The second-order valence-corrected chi connectivity index (χ2v) is 10.8. The number of aliphatic hydroxyl groups is 3. The first-order valence-corrected chi connectivity index (χ1v) is 11.3. The summed E-state index contributed by atoms with van der Waals surface area (Å²) < 4.78 is 5.02. The van der Waals surface area contributed by atoms with Crippen LogP contribution in [0.1, 0.15) is 65.7 Å². The van der Waals surface area contributed by atoms with E-state index in [0.717, 1.165) is 38.5 Å². The Labute approximate surface area is 168 Å². The van der Waals surface area contributed by atoms with Crippen LogP contribution in [0.2, 0.25) is 0 Å². The van der Waals surface area contributed by atoms with E-state index in [0.29, 0.717) is 12.3 Å². The van der Waals surface area contributed by atoms with E-state index in [9.17, 15) is 20.1 Å². The summed E-state index contributed by atoms with van der Waals surface area (Å²) in [4.78, 5) is 12.3. The van der Waals surface area contributed by atoms with Gasteiger partial charge in [0.15, 0.2) is 0 Å². The second kappa shape index (κ2) is 6.95. The van der Waals surface area contributed by atoms with E-state index in [1.165, 1.54) is 7.11 Å². The molecule has 0 aliphatic heterocycles. The van der Waals surface area contributed by atoms with Crippen LogP contribution < -0.4 is 0 Å². The maximum atomic E-state index is 12.3. The molecule has 4 aliphatic carbocycles. The monoisotopic (exact) mass is 394 g/mol. The van der Waals surface area contributed by atoms with Crippen molar-refractivity contribution in [2.24, 2.45) is 46.3 Å². The van der Waals surface area contributed by atoms with E-state index in [1.807, 2.05) is 6.92 Å². The highest BCUT2D eigenvalue weighted by atomic mass is 16.5. The van der Waals surface area contributed by atoms with Crippen LogP contribution >= 0.6 is 0 Å². The molecule has 4 aliphatic rings. The van der Waals surface area contributed by atoms with Gasteiger partial charge in [0.1, 0.15) is 0 Å². The Morgan fingerprint density at radius 2 is 1.75 bits per heavy atom. The highest BCUT2D eigenvalue weighted by Gasteiger charge is 2.66. The average molecular weight is 395 g/mol. The fourth-order valence-corrected chi connectivity index (χ4v) is 8.37. The maximum Gasteiger partial charge on any atom is 0.308 e. The minimum absolute atomic E-state index is 0.0808. The third-order valence-corrected chi connectivity index (χ3v) is 10.0. The standard InChI is InChI=1S/C23H38O5/c1-12(21(27)28-4)15-5-6-16-20-17(11-19(26)23(15,16)3)22(2)8-7-14(24)9-13(22)10-18(20)25/h12-20,24-26H,5-11H2,1-4H3/t12-,13+,14-,15-,16+,17+,18+,19+,20+,22-,23-/m0/s1. The molecule has 0 aromatic rings. The van der Waals surface area contributed by atoms with Gasteiger partial charge < -0.3 is 20.1 Å². The molecule has 5 heteroatoms. The summed E-state index contributed by atoms with van der Waals surface area (Å²) in [5.41, 5.74) is -0.273. The van der Waals surface area contributed by atoms with Crippen molar-refractivity contribution in [1.82, 2.24) is 0 Å². The van der Waals surface area contributed by atoms with Crippen LogP contribution in [0.3, 0.4) is 0 Å². The molecule has 11 atom stereocenters. The molecule has 160 valence electrons. The van der Waals surface area contributed by atoms with Gasteiger partial charge in [-0.15, -0.1) is 0 Å². The lowest BCUT2D eigenvalue weighted by atomic mass is 9.43. The number of esters is 1. The number of rotatable bonds is 2. The van der Waals surface area contributed by atoms with Gasteiger partial charge in [-0.3, -0.25) is 4.79 Å². The van der Waals surface area contributed by atoms with E-state index >= 15 is 0 Å². The van der Waals surface area contributed by atoms with Crippen molar-refractivity contribution < 1.29 is 24.9 Å². The fourth-order valence-electron chi connectivity index (χ4n) is 8.37. The molecule has 0 aromatic heterocycles. The molecule has 0 bridgehead atoms. The highest BCUT2D eigenvalue weighted by molar-refractivity contribution is 5.72. The summed E-state index contributed by atoms with van der Waals surface area (Å²) in [6.45, 7) is 6.42. The number of hydrogen-bond acceptors (Lipinski definition) is 5. The topological polar surface area (TPSA) is 87.0 Å². The van der Waals surface area contributed by atoms with Gasteiger partial charge in [-0.05, 0) is 80.0 Å². The molecule has 0 unspecified atom stereocenters. The van der Waals surface area contributed by atoms with Crippen molar-refractivity contribution >= 4 is 5.97 Å². The number of carbonyl (C=O) groups excluding carboxylic acids is 1. The van der Waals surface area contributed by atoms with Crippen LogP contribution in [0.5, 0.6) is 0 Å². The van der Waals surface area contributed by atoms with Gasteiger partial charge in [-0.1, -0.05) is 20.8 Å². The molecule has 0 aromatic carbocycles. The van der Waals surface area contributed by atoms with Gasteiger partial charge in [0.25, 0.3) is 0 Å². The quantitative estimate of drug-likeness (QED) is 0.627. The molecule has 5 nitrogen and oxygen atoms in total. The molecular weight excluding hydrogens is 356 g/mol. The Morgan fingerprint density at radius 3 is 2.43 bits per heavy atom. The molecule has 4 fully saturated rings. The zero-order valence-corrected chi connectivity index (χ0v) is 17.8. The summed E-state index contributed by atoms with van der Waals surface area (Å²) in [6, 6.07) is 0. The summed E-state index contributed by atoms with van der Waals surface area (Å²) in [5.74, 6) is 0.688. The van der Waals surface area contributed by atoms with Gasteiger partial charge in [-0.2, -0.15) is 0 Å². The lowest BCUT2D eigenvalue weighted by Gasteiger charge is -2.63. The minimum atomic E-state index is -0.465. The van der Waals surface area contributed by atoms with Crippen molar-refractivity contribution in [1.29, 1.82) is 0 Å². The van der Waals surface area contributed by atoms with Gasteiger partial charge in [0.2, 0.25) is 0 Å². The lowest BCUT2D eigenvalue weighted by molar-refractivity contribution is -0.207. The number of hydrogen-bond donors (Lipinski definition) is 3. The molecule has 28 heavy (non-hydrogen) atoms. The van der Waals surface area contributed by atoms with Gasteiger partial charge >= 0.3 is 5.97 Å². The van der Waals surface area contributed by atoms with Gasteiger partial charge in [0.05, 0.1) is 31.3 Å². The largest absolute Gasteiger partial charge is 0.469 e. The van der Waals surface area contributed by atoms with Crippen LogP contribution in [0, 0.1) is 46.3 Å². The van der Waals surface area contributed by atoms with E-state index in [4.69, 9.17) is 4.74 Å². The van der Waals surface area contributed by atoms with Crippen LogP contribution in [0.15, 0.2) is 0 Å². The molecular formula is C23H38O5. The first-order chi connectivity index (χ1) is 13.1. The summed E-state index contributed by atoms with van der Waals surface area (Å²) in [6.07, 6.45) is 4.80. The third-order valence-electron chi connectivity index (χ3n) is 10.0. The predicted molar refractivity (Wildman–Crippen MR) is 105 cm³/mol. The van der Waals surface area contributed by atoms with Crippen molar-refractivity contribution in [3.05, 3.63) is 0 Å². The van der Waals surface area contributed by atoms with Crippen molar-refractivity contribution in [3.8, 4) is 0 Å². The Kier molecular flexibility index (Phi) is 5.12. The zero-order chi connectivity index (χ0) is 20.4. The minimum Gasteiger partial charge on any atom is -0.469 e. The zero-order valence-electron chi connectivity index (χ0n) is 17.8. The Balaban J connectivity index is 1.67. The summed E-state index contributed by atoms with van der Waals surface area (Å²) >= 11 is 0. The average Bonchev–Trinajstić information content (AvgIpc) is 3.01. The second-order valence-electron chi connectivity index (χ2n) is 10.8. The molecule has 0 spiro atoms. The maximum absolute atomic E-state index is 12.3. The number of fused-ring (bicyclic) bond motifs is 5. The number of carbonyl (C=O) groups is 1. The van der Waals surface area contributed by atoms with Crippen LogP contribution in [-0.2, 0) is 9.53 Å². The van der Waals surface area contributed by atoms with E-state index in [2.05, 4.69) is 13.8 Å². The number of aliphatic hydroxyl groups excluding tert-OH is 3. The Bertz CT molecular complexity index is 622. The SMILES string of the molecule is COC(=O)[C@@H](C)[C@@H]1CC[C@@H]2[C@H]3[C@H](O)C[C@H]4C[C@@H](O)CC[C@]4(C)[C@@H]3C[C@@H](O)[C@]21C. The Morgan fingerprint density at radius 1 is 1.04 bits per heavy atom. The first-order valence-electron chi connectivity index (χ1n) is 11.3. The molecule has 3 N–H and O–H groups in total.